The molecule has 0 unspecified atom stereocenters. The summed E-state index contributed by atoms with van der Waals surface area (Å²) in [5.74, 6) is 2.23. The van der Waals surface area contributed by atoms with E-state index in [4.69, 9.17) is 32.7 Å². The molecule has 1 aliphatic carbocycles. The van der Waals surface area contributed by atoms with E-state index in [0.29, 0.717) is 21.5 Å². The molecule has 0 amide bonds. The van der Waals surface area contributed by atoms with Crippen molar-refractivity contribution in [2.24, 2.45) is 0 Å². The molecule has 4 rings (SSSR count). The van der Waals surface area contributed by atoms with Crippen molar-refractivity contribution in [3.63, 3.8) is 0 Å². The Morgan fingerprint density at radius 1 is 0.880 bits per heavy atom. The Balaban J connectivity index is 1.77. The Labute approximate surface area is 154 Å². The molecular formula is C18H15Cl2N3O2. The van der Waals surface area contributed by atoms with E-state index in [1.54, 1.807) is 26.4 Å². The molecule has 0 spiro atoms. The zero-order chi connectivity index (χ0) is 17.6. The molecule has 2 aromatic carbocycles. The Morgan fingerprint density at radius 3 is 2.36 bits per heavy atom. The Hall–Kier alpha value is -2.50. The Kier molecular flexibility index (Phi) is 3.90. The van der Waals surface area contributed by atoms with Crippen molar-refractivity contribution < 1.29 is 9.47 Å². The summed E-state index contributed by atoms with van der Waals surface area (Å²) in [6, 6.07) is 11.4. The number of rotatable bonds is 4. The molecule has 0 aromatic heterocycles. The zero-order valence-corrected chi connectivity index (χ0v) is 15.0. The fourth-order valence-corrected chi connectivity index (χ4v) is 3.24. The number of nitrogens with one attached hydrogen (secondary N) is 3. The first-order chi connectivity index (χ1) is 12.1. The number of hydrogen-bond donors (Lipinski definition) is 3. The first-order valence-corrected chi connectivity index (χ1v) is 8.33. The van der Waals surface area contributed by atoms with Crippen molar-refractivity contribution in [3.8, 4) is 22.8 Å². The van der Waals surface area contributed by atoms with Crippen molar-refractivity contribution >= 4 is 45.5 Å². The summed E-state index contributed by atoms with van der Waals surface area (Å²) in [7, 11) is 3.26. The number of fused-ring (bicyclic) bond motifs is 3. The molecule has 0 saturated heterocycles. The number of anilines is 2. The normalized spacial score (nSPS) is 11.2. The summed E-state index contributed by atoms with van der Waals surface area (Å²) in [6.07, 6.45) is 0. The van der Waals surface area contributed by atoms with Gasteiger partial charge in [-0.25, -0.2) is 0 Å². The van der Waals surface area contributed by atoms with Gasteiger partial charge in [-0.3, -0.25) is 10.2 Å². The molecule has 0 fully saturated rings. The van der Waals surface area contributed by atoms with Gasteiger partial charge in [0, 0.05) is 16.6 Å². The fourth-order valence-electron chi connectivity index (χ4n) is 2.94. The molecular weight excluding hydrogens is 361 g/mol. The maximum Gasteiger partial charge on any atom is 0.161 e. The average Bonchev–Trinajstić information content (AvgIpc) is 3.16. The average molecular weight is 376 g/mol. The molecule has 0 radical (unpaired) electrons. The Morgan fingerprint density at radius 2 is 1.64 bits per heavy atom. The molecule has 2 aliphatic rings. The number of ether oxygens (including phenoxy) is 2. The maximum absolute atomic E-state index is 6.09. The van der Waals surface area contributed by atoms with Crippen molar-refractivity contribution in [1.82, 2.24) is 10.2 Å². The highest BCUT2D eigenvalue weighted by Gasteiger charge is 2.19. The molecule has 5 nitrogen and oxygen atoms in total. The quantitative estimate of drug-likeness (QED) is 0.430. The highest BCUT2D eigenvalue weighted by Crippen LogP contribution is 2.42. The van der Waals surface area contributed by atoms with Crippen molar-refractivity contribution in [1.29, 1.82) is 0 Å². The van der Waals surface area contributed by atoms with Crippen LogP contribution in [0.2, 0.25) is 10.0 Å². The summed E-state index contributed by atoms with van der Waals surface area (Å²) >= 11 is 12.1. The van der Waals surface area contributed by atoms with Gasteiger partial charge in [0.15, 0.2) is 11.5 Å². The lowest BCUT2D eigenvalue weighted by atomic mass is 10.2. The van der Waals surface area contributed by atoms with Crippen LogP contribution in [0.4, 0.5) is 11.5 Å². The highest BCUT2D eigenvalue weighted by atomic mass is 35.5. The highest BCUT2D eigenvalue weighted by molar-refractivity contribution is 6.42. The third kappa shape index (κ3) is 2.65. The van der Waals surface area contributed by atoms with Crippen LogP contribution in [-0.4, -0.2) is 24.4 Å². The molecule has 7 heteroatoms. The van der Waals surface area contributed by atoms with Gasteiger partial charge in [0.25, 0.3) is 0 Å². The molecule has 3 N–H and O–H groups in total. The van der Waals surface area contributed by atoms with E-state index >= 15 is 0 Å². The molecule has 0 bridgehead atoms. The number of aromatic amines is 2. The second kappa shape index (κ2) is 6.10. The van der Waals surface area contributed by atoms with Crippen LogP contribution in [0.25, 0.3) is 22.0 Å². The van der Waals surface area contributed by atoms with Gasteiger partial charge in [0.05, 0.1) is 30.0 Å². The van der Waals surface area contributed by atoms with Crippen LogP contribution in [0.3, 0.4) is 0 Å². The van der Waals surface area contributed by atoms with E-state index in [1.165, 1.54) is 0 Å². The minimum absolute atomic E-state index is 0.501. The van der Waals surface area contributed by atoms with Crippen LogP contribution in [-0.2, 0) is 0 Å². The molecule has 0 saturated carbocycles. The van der Waals surface area contributed by atoms with Gasteiger partial charge in [-0.2, -0.15) is 0 Å². The van der Waals surface area contributed by atoms with Gasteiger partial charge in [-0.15, -0.1) is 0 Å². The number of halogens is 2. The lowest BCUT2D eigenvalue weighted by molar-refractivity contribution is 0.356. The van der Waals surface area contributed by atoms with Gasteiger partial charge in [-0.1, -0.05) is 23.2 Å². The summed E-state index contributed by atoms with van der Waals surface area (Å²) in [5.41, 5.74) is 2.85. The second-order valence-electron chi connectivity index (χ2n) is 5.61. The van der Waals surface area contributed by atoms with E-state index in [2.05, 4.69) is 21.6 Å². The van der Waals surface area contributed by atoms with Crippen molar-refractivity contribution in [2.75, 3.05) is 19.5 Å². The number of methoxy groups -OCH3 is 2. The second-order valence-corrected chi connectivity index (χ2v) is 6.42. The van der Waals surface area contributed by atoms with Gasteiger partial charge < -0.3 is 14.8 Å². The lowest BCUT2D eigenvalue weighted by Crippen LogP contribution is -1.91. The number of aromatic nitrogens is 2. The van der Waals surface area contributed by atoms with Gasteiger partial charge in [0.1, 0.15) is 5.82 Å². The summed E-state index contributed by atoms with van der Waals surface area (Å²) in [5, 5.41) is 12.8. The van der Waals surface area contributed by atoms with Gasteiger partial charge in [-0.05, 0) is 41.8 Å². The third-order valence-corrected chi connectivity index (χ3v) is 4.90. The van der Waals surface area contributed by atoms with Gasteiger partial charge in [0.2, 0.25) is 0 Å². The number of hydrogen-bond acceptors (Lipinski definition) is 3. The minimum atomic E-state index is 0.501. The van der Waals surface area contributed by atoms with Crippen LogP contribution in [0.1, 0.15) is 0 Å². The summed E-state index contributed by atoms with van der Waals surface area (Å²) < 4.78 is 10.8. The minimum Gasteiger partial charge on any atom is -0.493 e. The van der Waals surface area contributed by atoms with Crippen LogP contribution in [0.15, 0.2) is 36.4 Å². The smallest absolute Gasteiger partial charge is 0.161 e. The number of benzene rings is 2. The maximum atomic E-state index is 6.09. The summed E-state index contributed by atoms with van der Waals surface area (Å²) in [4.78, 5) is 0. The van der Waals surface area contributed by atoms with E-state index in [1.807, 2.05) is 18.2 Å². The molecule has 1 heterocycles. The Bertz CT molecular complexity index is 1040. The van der Waals surface area contributed by atoms with Crippen LogP contribution in [0, 0.1) is 0 Å². The molecule has 1 aliphatic heterocycles. The van der Waals surface area contributed by atoms with E-state index in [9.17, 15) is 0 Å². The molecule has 0 atom stereocenters. The predicted octanol–water partition coefficient (Wildman–Crippen LogP) is 5.67. The SMILES string of the molecule is COc1cc2cc3c(Nc4ccc(Cl)c(Cl)c4)[nH][nH]c-3c2cc1OC. The van der Waals surface area contributed by atoms with E-state index < -0.39 is 0 Å². The van der Waals surface area contributed by atoms with Crippen molar-refractivity contribution in [3.05, 3.63) is 46.4 Å². The summed E-state index contributed by atoms with van der Waals surface area (Å²) in [6.45, 7) is 0. The predicted molar refractivity (Wildman–Crippen MR) is 102 cm³/mol. The topological polar surface area (TPSA) is 62.1 Å². The largest absolute Gasteiger partial charge is 0.493 e. The molecule has 128 valence electrons. The van der Waals surface area contributed by atoms with Gasteiger partial charge >= 0.3 is 0 Å². The van der Waals surface area contributed by atoms with E-state index in [-0.39, 0.29) is 0 Å². The van der Waals surface area contributed by atoms with Crippen LogP contribution < -0.4 is 14.8 Å². The van der Waals surface area contributed by atoms with Crippen LogP contribution in [0.5, 0.6) is 11.5 Å². The molecule has 25 heavy (non-hydrogen) atoms. The lowest BCUT2D eigenvalue weighted by Gasteiger charge is -2.07. The third-order valence-electron chi connectivity index (χ3n) is 4.17. The first-order valence-electron chi connectivity index (χ1n) is 7.57. The zero-order valence-electron chi connectivity index (χ0n) is 13.5. The molecule has 2 aromatic rings. The monoisotopic (exact) mass is 375 g/mol. The van der Waals surface area contributed by atoms with Crippen LogP contribution >= 0.6 is 23.2 Å². The number of H-pyrrole nitrogens is 2. The first kappa shape index (κ1) is 16.0. The van der Waals surface area contributed by atoms with E-state index in [0.717, 1.165) is 33.5 Å². The van der Waals surface area contributed by atoms with Crippen molar-refractivity contribution in [2.45, 2.75) is 0 Å². The fraction of sp³-hybridized carbons (Fsp3) is 0.111. The standard InChI is InChI=1S/C18H15Cl2N3O2/c1-24-15-6-9-5-12-17(11(9)8-16(15)25-2)22-23-18(12)21-10-3-4-13(19)14(20)7-10/h3-8,21-23H,1-2H3.